The van der Waals surface area contributed by atoms with Crippen LogP contribution in [0.25, 0.3) is 16.6 Å². The van der Waals surface area contributed by atoms with Crippen molar-refractivity contribution >= 4 is 17.3 Å². The lowest BCUT2D eigenvalue weighted by Gasteiger charge is -2.35. The first kappa shape index (κ1) is 24.8. The van der Waals surface area contributed by atoms with E-state index in [4.69, 9.17) is 0 Å². The summed E-state index contributed by atoms with van der Waals surface area (Å²) in [6.07, 6.45) is 6.42. The Morgan fingerprint density at radius 2 is 1.54 bits per heavy atom. The predicted molar refractivity (Wildman–Crippen MR) is 137 cm³/mol. The van der Waals surface area contributed by atoms with Crippen molar-refractivity contribution in [1.82, 2.24) is 34.3 Å². The minimum Gasteiger partial charge on any atom is -0.375 e. The van der Waals surface area contributed by atoms with Crippen LogP contribution in [0.5, 0.6) is 0 Å². The minimum atomic E-state index is -3.17. The highest BCUT2D eigenvalue weighted by Gasteiger charge is 2.42. The average Bonchev–Trinajstić information content (AvgIpc) is 3.59. The highest BCUT2D eigenvalue weighted by atomic mass is 19.3. The van der Waals surface area contributed by atoms with Gasteiger partial charge in [0.2, 0.25) is 5.95 Å². The summed E-state index contributed by atoms with van der Waals surface area (Å²) in [7, 11) is 1.87. The Bertz CT molecular complexity index is 1600. The van der Waals surface area contributed by atoms with Crippen molar-refractivity contribution in [2.75, 3.05) is 36.0 Å². The summed E-state index contributed by atoms with van der Waals surface area (Å²) < 4.78 is 44.8. The molecule has 1 atom stereocenters. The average molecular weight is 536 g/mol. The third-order valence-electron chi connectivity index (χ3n) is 6.96. The Labute approximate surface area is 221 Å². The molecule has 39 heavy (non-hydrogen) atoms. The molecule has 1 fully saturated rings. The molecule has 1 aromatic carbocycles. The number of fused-ring (bicyclic) bond motifs is 1. The summed E-state index contributed by atoms with van der Waals surface area (Å²) >= 11 is 0. The summed E-state index contributed by atoms with van der Waals surface area (Å²) in [5.41, 5.74) is -0.129. The highest BCUT2D eigenvalue weighted by Crippen LogP contribution is 2.35. The first-order chi connectivity index (χ1) is 18.8. The number of hydrogen-bond acceptors (Lipinski definition) is 8. The molecular formula is C26H24F3N9O. The second kappa shape index (κ2) is 9.66. The van der Waals surface area contributed by atoms with Gasteiger partial charge in [0.05, 0.1) is 6.20 Å². The lowest BCUT2D eigenvalue weighted by molar-refractivity contribution is -0.0722. The molecule has 0 bridgehead atoms. The smallest absolute Gasteiger partial charge is 0.275 e. The summed E-state index contributed by atoms with van der Waals surface area (Å²) in [6, 6.07) is 6.34. The van der Waals surface area contributed by atoms with Crippen LogP contribution in [0.15, 0.2) is 67.6 Å². The molecule has 10 nitrogen and oxygen atoms in total. The van der Waals surface area contributed by atoms with E-state index in [2.05, 4.69) is 30.0 Å². The van der Waals surface area contributed by atoms with Crippen molar-refractivity contribution in [3.8, 4) is 11.1 Å². The molecule has 0 spiro atoms. The second-order valence-electron chi connectivity index (χ2n) is 9.36. The Hall–Kier alpha value is -4.52. The van der Waals surface area contributed by atoms with E-state index in [1.807, 2.05) is 30.4 Å². The van der Waals surface area contributed by atoms with Crippen LogP contribution in [0.2, 0.25) is 0 Å². The Morgan fingerprint density at radius 1 is 0.846 bits per heavy atom. The van der Waals surface area contributed by atoms with Crippen LogP contribution in [0, 0.1) is 5.82 Å². The lowest BCUT2D eigenvalue weighted by atomic mass is 9.88. The number of benzene rings is 1. The molecule has 1 N–H and O–H groups in total. The van der Waals surface area contributed by atoms with Gasteiger partial charge in [0, 0.05) is 74.7 Å². The zero-order chi connectivity index (χ0) is 27.1. The molecule has 5 aromatic rings. The van der Waals surface area contributed by atoms with Crippen LogP contribution in [-0.4, -0.2) is 72.1 Å². The standard InChI is InChI=1S/C26H24F3N9O/c1-35-14-18(11-33-35)17-10-22-23(32-16-34-38(22)15-17)36-6-8-37(9-7-36)25-30-12-20(13-31-25)26(39,24(28)29)19-2-4-21(27)5-3-19/h2-5,10-16,24,39H,6-9H2,1H3/t26-/m1/s1. The van der Waals surface area contributed by atoms with Gasteiger partial charge in [-0.2, -0.15) is 10.2 Å². The molecule has 0 saturated carbocycles. The van der Waals surface area contributed by atoms with Gasteiger partial charge in [-0.15, -0.1) is 0 Å². The monoisotopic (exact) mass is 535 g/mol. The SMILES string of the molecule is Cn1cc(-c2cc3c(N4CCN(c5ncc([C@](O)(c6ccc(F)cc6)C(F)F)cn5)CC4)ncnn3c2)cn1. The van der Waals surface area contributed by atoms with Crippen molar-refractivity contribution in [2.45, 2.75) is 12.0 Å². The number of anilines is 2. The van der Waals surface area contributed by atoms with E-state index in [1.54, 1.807) is 15.4 Å². The van der Waals surface area contributed by atoms with E-state index in [1.165, 1.54) is 18.7 Å². The largest absolute Gasteiger partial charge is 0.375 e. The number of rotatable bonds is 6. The molecular weight excluding hydrogens is 511 g/mol. The number of aromatic nitrogens is 7. The van der Waals surface area contributed by atoms with Gasteiger partial charge in [-0.05, 0) is 23.8 Å². The fourth-order valence-corrected chi connectivity index (χ4v) is 4.81. The molecule has 6 rings (SSSR count). The fraction of sp³-hybridized carbons (Fsp3) is 0.269. The van der Waals surface area contributed by atoms with Crippen molar-refractivity contribution < 1.29 is 18.3 Å². The van der Waals surface area contributed by atoms with Crippen LogP contribution in [0.1, 0.15) is 11.1 Å². The maximum atomic E-state index is 14.0. The zero-order valence-corrected chi connectivity index (χ0v) is 20.9. The minimum absolute atomic E-state index is 0.142. The summed E-state index contributed by atoms with van der Waals surface area (Å²) in [6.45, 7) is 2.40. The predicted octanol–water partition coefficient (Wildman–Crippen LogP) is 2.89. The van der Waals surface area contributed by atoms with Gasteiger partial charge < -0.3 is 14.9 Å². The number of halogens is 3. The van der Waals surface area contributed by atoms with E-state index in [9.17, 15) is 18.3 Å². The molecule has 1 aliphatic rings. The molecule has 1 aliphatic heterocycles. The molecule has 1 saturated heterocycles. The first-order valence-corrected chi connectivity index (χ1v) is 12.2. The molecule has 0 radical (unpaired) electrons. The number of aryl methyl sites for hydroxylation is 1. The van der Waals surface area contributed by atoms with Gasteiger partial charge in [-0.3, -0.25) is 4.68 Å². The van der Waals surface area contributed by atoms with Gasteiger partial charge in [-0.1, -0.05) is 12.1 Å². The van der Waals surface area contributed by atoms with Crippen LogP contribution in [0.4, 0.5) is 24.9 Å². The van der Waals surface area contributed by atoms with Crippen LogP contribution < -0.4 is 9.80 Å². The number of piperazine rings is 1. The van der Waals surface area contributed by atoms with E-state index in [0.717, 1.165) is 46.7 Å². The maximum absolute atomic E-state index is 14.0. The van der Waals surface area contributed by atoms with Crippen molar-refractivity contribution in [3.63, 3.8) is 0 Å². The topological polar surface area (TPSA) is 100 Å². The molecule has 5 heterocycles. The van der Waals surface area contributed by atoms with E-state index >= 15 is 0 Å². The Kier molecular flexibility index (Phi) is 6.14. The van der Waals surface area contributed by atoms with Gasteiger partial charge >= 0.3 is 0 Å². The molecule has 0 aliphatic carbocycles. The van der Waals surface area contributed by atoms with E-state index in [-0.39, 0.29) is 11.1 Å². The van der Waals surface area contributed by atoms with Crippen molar-refractivity contribution in [2.24, 2.45) is 7.05 Å². The van der Waals surface area contributed by atoms with Crippen molar-refractivity contribution in [1.29, 1.82) is 0 Å². The quantitative estimate of drug-likeness (QED) is 0.354. The van der Waals surface area contributed by atoms with Gasteiger partial charge in [0.15, 0.2) is 11.4 Å². The zero-order valence-electron chi connectivity index (χ0n) is 20.9. The normalized spacial score (nSPS) is 15.7. The number of alkyl halides is 2. The Balaban J connectivity index is 1.18. The molecule has 4 aromatic heterocycles. The van der Waals surface area contributed by atoms with Crippen LogP contribution in [-0.2, 0) is 12.6 Å². The lowest BCUT2D eigenvalue weighted by Crippen LogP contribution is -2.47. The second-order valence-corrected chi connectivity index (χ2v) is 9.36. The van der Waals surface area contributed by atoms with Crippen LogP contribution in [0.3, 0.4) is 0 Å². The highest BCUT2D eigenvalue weighted by molar-refractivity contribution is 5.77. The third-order valence-corrected chi connectivity index (χ3v) is 6.96. The molecule has 0 amide bonds. The molecule has 0 unspecified atom stereocenters. The maximum Gasteiger partial charge on any atom is 0.275 e. The van der Waals surface area contributed by atoms with E-state index < -0.39 is 17.8 Å². The first-order valence-electron chi connectivity index (χ1n) is 12.2. The summed E-state index contributed by atoms with van der Waals surface area (Å²) in [5.74, 6) is 0.579. The molecule has 13 heteroatoms. The number of aliphatic hydroxyl groups is 1. The van der Waals surface area contributed by atoms with E-state index in [0.29, 0.717) is 32.1 Å². The molecule has 200 valence electrons. The summed E-state index contributed by atoms with van der Waals surface area (Å²) in [5, 5.41) is 19.4. The van der Waals surface area contributed by atoms with Crippen LogP contribution >= 0.6 is 0 Å². The van der Waals surface area contributed by atoms with Gasteiger partial charge in [-0.25, -0.2) is 32.6 Å². The van der Waals surface area contributed by atoms with Crippen molar-refractivity contribution in [3.05, 3.63) is 84.6 Å². The number of nitrogens with zero attached hydrogens (tertiary/aromatic N) is 9. The number of hydrogen-bond donors (Lipinski definition) is 1. The summed E-state index contributed by atoms with van der Waals surface area (Å²) in [4.78, 5) is 17.2. The third kappa shape index (κ3) is 4.44. The Morgan fingerprint density at radius 3 is 2.18 bits per heavy atom. The fourth-order valence-electron chi connectivity index (χ4n) is 4.81. The van der Waals surface area contributed by atoms with Gasteiger partial charge in [0.25, 0.3) is 6.43 Å². The van der Waals surface area contributed by atoms with Gasteiger partial charge in [0.1, 0.15) is 17.7 Å².